The van der Waals surface area contributed by atoms with Crippen LogP contribution in [0.25, 0.3) is 0 Å². The van der Waals surface area contributed by atoms with Gasteiger partial charge in [0.25, 0.3) is 0 Å². The van der Waals surface area contributed by atoms with Gasteiger partial charge in [0.05, 0.1) is 17.3 Å². The molecular formula is C18H16FN5. The first-order chi connectivity index (χ1) is 11.7. The molecule has 0 radical (unpaired) electrons. The van der Waals surface area contributed by atoms with Gasteiger partial charge in [-0.1, -0.05) is 6.07 Å². The van der Waals surface area contributed by atoms with Gasteiger partial charge in [-0.3, -0.25) is 0 Å². The molecule has 1 unspecified atom stereocenters. The van der Waals surface area contributed by atoms with Crippen molar-refractivity contribution in [1.29, 1.82) is 10.5 Å². The Hall–Kier alpha value is -3.12. The number of rotatable bonds is 3. The number of hydrogen-bond acceptors (Lipinski definition) is 5. The first kappa shape index (κ1) is 15.8. The van der Waals surface area contributed by atoms with E-state index >= 15 is 0 Å². The van der Waals surface area contributed by atoms with Crippen molar-refractivity contribution in [3.05, 3.63) is 53.5 Å². The smallest absolute Gasteiger partial charge is 0.147 e. The Bertz CT molecular complexity index is 821. The van der Waals surface area contributed by atoms with Crippen molar-refractivity contribution < 1.29 is 4.39 Å². The maximum absolute atomic E-state index is 14.2. The Morgan fingerprint density at radius 2 is 2.08 bits per heavy atom. The van der Waals surface area contributed by atoms with E-state index in [-0.39, 0.29) is 11.9 Å². The van der Waals surface area contributed by atoms with Gasteiger partial charge < -0.3 is 10.2 Å². The van der Waals surface area contributed by atoms with Crippen molar-refractivity contribution in [1.82, 2.24) is 4.98 Å². The van der Waals surface area contributed by atoms with E-state index in [9.17, 15) is 4.39 Å². The van der Waals surface area contributed by atoms with Crippen LogP contribution in [0.3, 0.4) is 0 Å². The number of nitrogens with one attached hydrogen (secondary N) is 1. The number of nitriles is 2. The van der Waals surface area contributed by atoms with Gasteiger partial charge in [-0.05, 0) is 43.2 Å². The lowest BCUT2D eigenvalue weighted by molar-refractivity contribution is 0.518. The molecule has 120 valence electrons. The van der Waals surface area contributed by atoms with Crippen LogP contribution >= 0.6 is 0 Å². The van der Waals surface area contributed by atoms with Crippen LogP contribution in [-0.2, 0) is 0 Å². The molecule has 0 bridgehead atoms. The standard InChI is InChI=1S/C18H16FN5/c19-16-9-13(10-20)6-7-17(16)24-8-2-4-15(12-24)23-18-5-1-3-14(11-21)22-18/h1,3,5-7,9,15H,2,4,8,12H2,(H,22,23). The zero-order valence-corrected chi connectivity index (χ0v) is 13.0. The number of halogens is 1. The molecule has 1 N–H and O–H groups in total. The van der Waals surface area contributed by atoms with E-state index in [1.165, 1.54) is 6.07 Å². The predicted octanol–water partition coefficient (Wildman–Crippen LogP) is 3.04. The first-order valence-corrected chi connectivity index (χ1v) is 7.78. The van der Waals surface area contributed by atoms with E-state index in [0.717, 1.165) is 19.4 Å². The van der Waals surface area contributed by atoms with Gasteiger partial charge in [-0.25, -0.2) is 9.37 Å². The highest BCUT2D eigenvalue weighted by molar-refractivity contribution is 5.52. The normalized spacial score (nSPS) is 17.0. The summed E-state index contributed by atoms with van der Waals surface area (Å²) in [7, 11) is 0. The van der Waals surface area contributed by atoms with Crippen molar-refractivity contribution in [2.75, 3.05) is 23.3 Å². The number of piperidine rings is 1. The molecule has 1 aromatic heterocycles. The number of nitrogens with zero attached hydrogens (tertiary/aromatic N) is 4. The van der Waals surface area contributed by atoms with Crippen molar-refractivity contribution in [2.45, 2.75) is 18.9 Å². The van der Waals surface area contributed by atoms with Gasteiger partial charge in [0.2, 0.25) is 0 Å². The van der Waals surface area contributed by atoms with Crippen molar-refractivity contribution in [3.8, 4) is 12.1 Å². The summed E-state index contributed by atoms with van der Waals surface area (Å²) in [6, 6.07) is 13.9. The average molecular weight is 321 g/mol. The summed E-state index contributed by atoms with van der Waals surface area (Å²) in [6.07, 6.45) is 1.88. The fraction of sp³-hybridized carbons (Fsp3) is 0.278. The summed E-state index contributed by atoms with van der Waals surface area (Å²) in [5.74, 6) is 0.278. The van der Waals surface area contributed by atoms with Gasteiger partial charge >= 0.3 is 0 Å². The van der Waals surface area contributed by atoms with Gasteiger partial charge in [-0.15, -0.1) is 0 Å². The Balaban J connectivity index is 1.72. The van der Waals surface area contributed by atoms with Crippen LogP contribution in [0.1, 0.15) is 24.1 Å². The van der Waals surface area contributed by atoms with Gasteiger partial charge in [-0.2, -0.15) is 10.5 Å². The number of anilines is 2. The van der Waals surface area contributed by atoms with Crippen LogP contribution in [-0.4, -0.2) is 24.1 Å². The lowest BCUT2D eigenvalue weighted by atomic mass is 10.0. The molecular weight excluding hydrogens is 305 g/mol. The lowest BCUT2D eigenvalue weighted by Crippen LogP contribution is -2.42. The number of benzene rings is 1. The van der Waals surface area contributed by atoms with E-state index in [1.54, 1.807) is 24.3 Å². The molecule has 6 heteroatoms. The lowest BCUT2D eigenvalue weighted by Gasteiger charge is -2.35. The summed E-state index contributed by atoms with van der Waals surface area (Å²) in [5, 5.41) is 21.1. The summed E-state index contributed by atoms with van der Waals surface area (Å²) in [4.78, 5) is 6.20. The zero-order valence-electron chi connectivity index (χ0n) is 13.0. The van der Waals surface area contributed by atoms with Crippen LogP contribution in [0.5, 0.6) is 0 Å². The number of aromatic nitrogens is 1. The maximum Gasteiger partial charge on any atom is 0.147 e. The van der Waals surface area contributed by atoms with Gasteiger partial charge in [0.1, 0.15) is 23.4 Å². The van der Waals surface area contributed by atoms with Crippen molar-refractivity contribution in [3.63, 3.8) is 0 Å². The topological polar surface area (TPSA) is 75.7 Å². The fourth-order valence-corrected chi connectivity index (χ4v) is 2.93. The molecule has 3 rings (SSSR count). The minimum atomic E-state index is -0.376. The Morgan fingerprint density at radius 1 is 1.21 bits per heavy atom. The minimum absolute atomic E-state index is 0.121. The highest BCUT2D eigenvalue weighted by atomic mass is 19.1. The van der Waals surface area contributed by atoms with E-state index in [2.05, 4.69) is 10.3 Å². The number of pyridine rings is 1. The summed E-state index contributed by atoms with van der Waals surface area (Å²) in [5.41, 5.74) is 1.20. The predicted molar refractivity (Wildman–Crippen MR) is 88.9 cm³/mol. The van der Waals surface area contributed by atoms with Crippen LogP contribution in [0.15, 0.2) is 36.4 Å². The van der Waals surface area contributed by atoms with Crippen molar-refractivity contribution in [2.24, 2.45) is 0 Å². The van der Waals surface area contributed by atoms with E-state index < -0.39 is 0 Å². The second-order valence-corrected chi connectivity index (χ2v) is 5.73. The molecule has 0 spiro atoms. The molecule has 5 nitrogen and oxygen atoms in total. The summed E-state index contributed by atoms with van der Waals surface area (Å²) >= 11 is 0. The molecule has 24 heavy (non-hydrogen) atoms. The maximum atomic E-state index is 14.2. The zero-order chi connectivity index (χ0) is 16.9. The fourth-order valence-electron chi connectivity index (χ4n) is 2.93. The highest BCUT2D eigenvalue weighted by Crippen LogP contribution is 2.25. The van der Waals surface area contributed by atoms with Crippen molar-refractivity contribution >= 4 is 11.5 Å². The largest absolute Gasteiger partial charge is 0.367 e. The SMILES string of the molecule is N#Cc1ccc(N2CCCC(Nc3cccc(C#N)n3)C2)c(F)c1. The van der Waals surface area contributed by atoms with Crippen LogP contribution in [0.4, 0.5) is 15.9 Å². The molecule has 1 aliphatic heterocycles. The molecule has 0 saturated carbocycles. The van der Waals surface area contributed by atoms with E-state index in [0.29, 0.717) is 29.3 Å². The molecule has 1 atom stereocenters. The minimum Gasteiger partial charge on any atom is -0.367 e. The molecule has 2 aromatic rings. The van der Waals surface area contributed by atoms with Crippen LogP contribution in [0, 0.1) is 28.5 Å². The van der Waals surface area contributed by atoms with Crippen LogP contribution in [0.2, 0.25) is 0 Å². The van der Waals surface area contributed by atoms with E-state index in [4.69, 9.17) is 10.5 Å². The Labute approximate surface area is 140 Å². The third-order valence-electron chi connectivity index (χ3n) is 4.05. The quantitative estimate of drug-likeness (QED) is 0.940. The molecule has 1 fully saturated rings. The molecule has 0 amide bonds. The van der Waals surface area contributed by atoms with Gasteiger partial charge in [0, 0.05) is 19.1 Å². The molecule has 1 saturated heterocycles. The van der Waals surface area contributed by atoms with Gasteiger partial charge in [0.15, 0.2) is 0 Å². The molecule has 1 aliphatic rings. The third-order valence-corrected chi connectivity index (χ3v) is 4.05. The summed E-state index contributed by atoms with van der Waals surface area (Å²) < 4.78 is 14.2. The van der Waals surface area contributed by atoms with E-state index in [1.807, 2.05) is 23.1 Å². The second kappa shape index (κ2) is 6.97. The third kappa shape index (κ3) is 3.44. The Morgan fingerprint density at radius 3 is 2.83 bits per heavy atom. The van der Waals surface area contributed by atoms with Crippen LogP contribution < -0.4 is 10.2 Å². The monoisotopic (exact) mass is 321 g/mol. The average Bonchev–Trinajstić information content (AvgIpc) is 2.62. The summed E-state index contributed by atoms with van der Waals surface area (Å²) in [6.45, 7) is 1.41. The molecule has 2 heterocycles. The highest BCUT2D eigenvalue weighted by Gasteiger charge is 2.22. The number of hydrogen-bond donors (Lipinski definition) is 1. The molecule has 1 aromatic carbocycles. The second-order valence-electron chi connectivity index (χ2n) is 5.73. The Kier molecular flexibility index (Phi) is 4.58. The molecule has 0 aliphatic carbocycles. The first-order valence-electron chi connectivity index (χ1n) is 7.78.